The fraction of sp³-hybridized carbons (Fsp3) is 0.571. The maximum Gasteiger partial charge on any atom is 0.0540 e. The van der Waals surface area contributed by atoms with Crippen molar-refractivity contribution in [1.29, 1.82) is 0 Å². The average molecular weight is 251 g/mol. The van der Waals surface area contributed by atoms with Crippen molar-refractivity contribution in [2.45, 2.75) is 36.6 Å². The van der Waals surface area contributed by atoms with Gasteiger partial charge in [-0.25, -0.2) is 0 Å². The Bertz CT molecular complexity index is 407. The van der Waals surface area contributed by atoms with Crippen molar-refractivity contribution in [2.75, 3.05) is 19.4 Å². The zero-order valence-corrected chi connectivity index (χ0v) is 11.6. The molecule has 0 saturated carbocycles. The second-order valence-corrected chi connectivity index (χ2v) is 6.14. The van der Waals surface area contributed by atoms with Crippen LogP contribution in [0.3, 0.4) is 0 Å². The van der Waals surface area contributed by atoms with E-state index < -0.39 is 0 Å². The number of hydrogen-bond donors (Lipinski definition) is 2. The van der Waals surface area contributed by atoms with Crippen molar-refractivity contribution < 1.29 is 5.11 Å². The minimum absolute atomic E-state index is 0.165. The molecule has 3 heteroatoms. The first-order chi connectivity index (χ1) is 8.11. The number of fused-ring (bicyclic) bond motifs is 1. The molecular weight excluding hydrogens is 230 g/mol. The van der Waals surface area contributed by atoms with E-state index in [1.165, 1.54) is 28.2 Å². The summed E-state index contributed by atoms with van der Waals surface area (Å²) in [5, 5.41) is 13.0. The molecule has 0 bridgehead atoms. The van der Waals surface area contributed by atoms with Gasteiger partial charge in [-0.3, -0.25) is 0 Å². The van der Waals surface area contributed by atoms with Crippen LogP contribution in [0.1, 0.15) is 25.0 Å². The Morgan fingerprint density at radius 1 is 1.53 bits per heavy atom. The summed E-state index contributed by atoms with van der Waals surface area (Å²) in [6.45, 7) is 4.41. The first-order valence-electron chi connectivity index (χ1n) is 6.16. The lowest BCUT2D eigenvalue weighted by Crippen LogP contribution is -2.45. The minimum Gasteiger partial charge on any atom is -0.395 e. The summed E-state index contributed by atoms with van der Waals surface area (Å²) in [6.07, 6.45) is 1.18. The van der Waals surface area contributed by atoms with Gasteiger partial charge in [0.1, 0.15) is 0 Å². The van der Waals surface area contributed by atoms with Gasteiger partial charge in [-0.05, 0) is 37.6 Å². The summed E-state index contributed by atoms with van der Waals surface area (Å²) in [5.74, 6) is 1.19. The molecule has 94 valence electrons. The Morgan fingerprint density at radius 2 is 2.29 bits per heavy atom. The van der Waals surface area contributed by atoms with E-state index in [1.807, 2.05) is 18.8 Å². The Hall–Kier alpha value is -0.510. The van der Waals surface area contributed by atoms with Crippen LogP contribution in [0.25, 0.3) is 0 Å². The lowest BCUT2D eigenvalue weighted by atomic mass is 9.77. The summed E-state index contributed by atoms with van der Waals surface area (Å²) >= 11 is 1.93. The summed E-state index contributed by atoms with van der Waals surface area (Å²) in [7, 11) is 1.95. The van der Waals surface area contributed by atoms with Crippen molar-refractivity contribution in [1.82, 2.24) is 5.32 Å². The average Bonchev–Trinajstić information content (AvgIpc) is 2.83. The monoisotopic (exact) mass is 251 g/mol. The molecule has 0 radical (unpaired) electrons. The molecule has 1 heterocycles. The smallest absolute Gasteiger partial charge is 0.0540 e. The van der Waals surface area contributed by atoms with Crippen LogP contribution in [0, 0.1) is 0 Å². The predicted octanol–water partition coefficient (Wildman–Crippen LogP) is 2.19. The maximum atomic E-state index is 9.74. The SMILES string of the molecule is CNC(C)C(C)(CO)c1ccc2c(c1)SCC2. The molecule has 1 aliphatic heterocycles. The van der Waals surface area contributed by atoms with Crippen LogP contribution >= 0.6 is 11.8 Å². The third kappa shape index (κ3) is 2.24. The highest BCUT2D eigenvalue weighted by Crippen LogP contribution is 2.36. The van der Waals surface area contributed by atoms with Crippen molar-refractivity contribution >= 4 is 11.8 Å². The minimum atomic E-state index is -0.215. The lowest BCUT2D eigenvalue weighted by molar-refractivity contribution is 0.175. The van der Waals surface area contributed by atoms with Gasteiger partial charge in [0.05, 0.1) is 6.61 Å². The van der Waals surface area contributed by atoms with Crippen molar-refractivity contribution in [3.8, 4) is 0 Å². The van der Waals surface area contributed by atoms with E-state index >= 15 is 0 Å². The van der Waals surface area contributed by atoms with E-state index in [4.69, 9.17) is 0 Å². The molecule has 0 fully saturated rings. The Balaban J connectivity index is 2.37. The van der Waals surface area contributed by atoms with Gasteiger partial charge < -0.3 is 10.4 Å². The predicted molar refractivity (Wildman–Crippen MR) is 73.8 cm³/mol. The normalized spacial score (nSPS) is 19.8. The number of thioether (sulfide) groups is 1. The highest BCUT2D eigenvalue weighted by molar-refractivity contribution is 7.99. The van der Waals surface area contributed by atoms with Crippen molar-refractivity contribution in [3.05, 3.63) is 29.3 Å². The number of hydrogen-bond acceptors (Lipinski definition) is 3. The van der Waals surface area contributed by atoms with Gasteiger partial charge in [-0.2, -0.15) is 0 Å². The van der Waals surface area contributed by atoms with Gasteiger partial charge >= 0.3 is 0 Å². The maximum absolute atomic E-state index is 9.74. The van der Waals surface area contributed by atoms with Crippen LogP contribution in [0.15, 0.2) is 23.1 Å². The van der Waals surface area contributed by atoms with Gasteiger partial charge in [0.15, 0.2) is 0 Å². The molecule has 1 aromatic rings. The second-order valence-electron chi connectivity index (χ2n) is 5.01. The molecule has 0 spiro atoms. The van der Waals surface area contributed by atoms with E-state index in [0.717, 1.165) is 0 Å². The van der Waals surface area contributed by atoms with Crippen molar-refractivity contribution in [3.63, 3.8) is 0 Å². The first-order valence-corrected chi connectivity index (χ1v) is 7.14. The molecule has 2 atom stereocenters. The van der Waals surface area contributed by atoms with Crippen LogP contribution < -0.4 is 5.32 Å². The molecule has 0 amide bonds. The standard InChI is InChI=1S/C14H21NOS/c1-10(15-3)14(2,9-16)12-5-4-11-6-7-17-13(11)8-12/h4-5,8,10,15-16H,6-7,9H2,1-3H3. The number of aliphatic hydroxyl groups excluding tert-OH is 1. The molecular formula is C14H21NOS. The summed E-state index contributed by atoms with van der Waals surface area (Å²) in [4.78, 5) is 1.39. The zero-order chi connectivity index (χ0) is 12.5. The Labute approximate surface area is 108 Å². The Morgan fingerprint density at radius 3 is 2.94 bits per heavy atom. The van der Waals surface area contributed by atoms with E-state index in [0.29, 0.717) is 0 Å². The number of aliphatic hydroxyl groups is 1. The Kier molecular flexibility index (Phi) is 3.81. The number of nitrogens with one attached hydrogen (secondary N) is 1. The molecule has 0 saturated heterocycles. The second kappa shape index (κ2) is 5.01. The lowest BCUT2D eigenvalue weighted by Gasteiger charge is -2.34. The van der Waals surface area contributed by atoms with Crippen LogP contribution in [0.4, 0.5) is 0 Å². The highest BCUT2D eigenvalue weighted by atomic mass is 32.2. The number of benzene rings is 1. The van der Waals surface area contributed by atoms with E-state index in [9.17, 15) is 5.11 Å². The fourth-order valence-corrected chi connectivity index (χ4v) is 3.43. The van der Waals surface area contributed by atoms with Gasteiger partial charge in [-0.15, -0.1) is 11.8 Å². The third-order valence-electron chi connectivity index (χ3n) is 4.07. The molecule has 2 unspecified atom stereocenters. The van der Waals surface area contributed by atoms with Crippen LogP contribution in [0.5, 0.6) is 0 Å². The van der Waals surface area contributed by atoms with Crippen LogP contribution in [0.2, 0.25) is 0 Å². The first kappa shape index (κ1) is 12.9. The quantitative estimate of drug-likeness (QED) is 0.860. The molecule has 1 aliphatic rings. The van der Waals surface area contributed by atoms with Gasteiger partial charge in [0.2, 0.25) is 0 Å². The van der Waals surface area contributed by atoms with Crippen LogP contribution in [-0.4, -0.2) is 30.6 Å². The summed E-state index contributed by atoms with van der Waals surface area (Å²) in [6, 6.07) is 6.91. The number of aryl methyl sites for hydroxylation is 1. The fourth-order valence-electron chi connectivity index (χ4n) is 2.32. The zero-order valence-electron chi connectivity index (χ0n) is 10.8. The van der Waals surface area contributed by atoms with E-state index in [1.54, 1.807) is 0 Å². The largest absolute Gasteiger partial charge is 0.395 e. The topological polar surface area (TPSA) is 32.3 Å². The summed E-state index contributed by atoms with van der Waals surface area (Å²) in [5.41, 5.74) is 2.47. The highest BCUT2D eigenvalue weighted by Gasteiger charge is 2.32. The molecule has 17 heavy (non-hydrogen) atoms. The molecule has 0 aliphatic carbocycles. The number of rotatable bonds is 4. The summed E-state index contributed by atoms with van der Waals surface area (Å²) < 4.78 is 0. The van der Waals surface area contributed by atoms with E-state index in [-0.39, 0.29) is 18.1 Å². The third-order valence-corrected chi connectivity index (χ3v) is 5.17. The van der Waals surface area contributed by atoms with Gasteiger partial charge in [0, 0.05) is 22.1 Å². The van der Waals surface area contributed by atoms with Gasteiger partial charge in [0.25, 0.3) is 0 Å². The van der Waals surface area contributed by atoms with Crippen molar-refractivity contribution in [2.24, 2.45) is 0 Å². The van der Waals surface area contributed by atoms with E-state index in [2.05, 4.69) is 37.4 Å². The number of likely N-dealkylation sites (N-methyl/N-ethyl adjacent to an activating group) is 1. The molecule has 2 nitrogen and oxygen atoms in total. The molecule has 0 aromatic heterocycles. The molecule has 2 rings (SSSR count). The van der Waals surface area contributed by atoms with Gasteiger partial charge in [-0.1, -0.05) is 19.1 Å². The molecule has 2 N–H and O–H groups in total. The molecule has 1 aromatic carbocycles. The van der Waals surface area contributed by atoms with Crippen LogP contribution in [-0.2, 0) is 11.8 Å².